The number of halogens is 2. The summed E-state index contributed by atoms with van der Waals surface area (Å²) in [5, 5.41) is 10.6. The number of benzene rings is 1. The van der Waals surface area contributed by atoms with Gasteiger partial charge in [0.1, 0.15) is 11.5 Å². The molecule has 5 rings (SSSR count). The number of nitrogens with zero attached hydrogens (tertiary/aromatic N) is 3. The van der Waals surface area contributed by atoms with Crippen molar-refractivity contribution < 1.29 is 19.1 Å². The van der Waals surface area contributed by atoms with Crippen LogP contribution < -0.4 is 0 Å². The standard InChI is InChI=1S/C27H29ClFN3O3/c1-27(26(34)35)9-6-17(7-10-27)14-24(33)31-12-8-19-20-3-2-11-30-25(20)32(23(19)16-31)15-18-4-5-22(29)21(28)13-18/h2-5,11,13,17H,6-10,12,14-16H2,1H3,(H,34,35)/t17-,27-. The normalized spacial score (nSPS) is 22.3. The molecule has 1 aromatic carbocycles. The second-order valence-electron chi connectivity index (χ2n) is 10.2. The third-order valence-corrected chi connectivity index (χ3v) is 8.17. The topological polar surface area (TPSA) is 75.4 Å². The molecule has 3 heterocycles. The number of amides is 1. The van der Waals surface area contributed by atoms with Gasteiger partial charge in [-0.15, -0.1) is 0 Å². The summed E-state index contributed by atoms with van der Waals surface area (Å²) in [7, 11) is 0. The van der Waals surface area contributed by atoms with Crippen LogP contribution in [0.15, 0.2) is 36.5 Å². The minimum atomic E-state index is -0.741. The Bertz CT molecular complexity index is 1300. The van der Waals surface area contributed by atoms with Crippen LogP contribution in [0.4, 0.5) is 4.39 Å². The first-order chi connectivity index (χ1) is 16.7. The number of carbonyl (C=O) groups is 2. The van der Waals surface area contributed by atoms with Gasteiger partial charge >= 0.3 is 5.97 Å². The molecule has 1 amide bonds. The van der Waals surface area contributed by atoms with E-state index in [9.17, 15) is 19.1 Å². The molecule has 1 saturated carbocycles. The van der Waals surface area contributed by atoms with Crippen LogP contribution in [0.1, 0.15) is 55.8 Å². The zero-order chi connectivity index (χ0) is 24.7. The van der Waals surface area contributed by atoms with E-state index >= 15 is 0 Å². The van der Waals surface area contributed by atoms with Crippen molar-refractivity contribution in [3.8, 4) is 0 Å². The van der Waals surface area contributed by atoms with Crippen LogP contribution in [0.25, 0.3) is 11.0 Å². The quantitative estimate of drug-likeness (QED) is 0.509. The summed E-state index contributed by atoms with van der Waals surface area (Å²) in [6, 6.07) is 8.72. The lowest BCUT2D eigenvalue weighted by atomic mass is 9.71. The summed E-state index contributed by atoms with van der Waals surface area (Å²) < 4.78 is 15.8. The maximum atomic E-state index is 13.7. The average Bonchev–Trinajstić information content (AvgIpc) is 3.16. The molecule has 184 valence electrons. The van der Waals surface area contributed by atoms with Gasteiger partial charge in [0, 0.05) is 36.8 Å². The summed E-state index contributed by atoms with van der Waals surface area (Å²) in [6.45, 7) is 3.45. The van der Waals surface area contributed by atoms with Crippen LogP contribution in [0.2, 0.25) is 5.02 Å². The number of carboxylic acids is 1. The summed E-state index contributed by atoms with van der Waals surface area (Å²) in [5.41, 5.74) is 3.32. The number of carboxylic acid groups (broad SMARTS) is 1. The number of rotatable bonds is 5. The molecule has 1 fully saturated rings. The Kier molecular flexibility index (Phi) is 6.30. The number of pyridine rings is 1. The minimum Gasteiger partial charge on any atom is -0.481 e. The fourth-order valence-electron chi connectivity index (χ4n) is 5.57. The van der Waals surface area contributed by atoms with Gasteiger partial charge in [-0.1, -0.05) is 17.7 Å². The van der Waals surface area contributed by atoms with E-state index in [1.165, 1.54) is 11.6 Å². The van der Waals surface area contributed by atoms with E-state index < -0.39 is 17.2 Å². The highest BCUT2D eigenvalue weighted by Crippen LogP contribution is 2.40. The van der Waals surface area contributed by atoms with Crippen molar-refractivity contribution >= 4 is 34.5 Å². The molecule has 1 aliphatic carbocycles. The number of aliphatic carboxylic acids is 1. The van der Waals surface area contributed by atoms with Crippen molar-refractivity contribution in [1.29, 1.82) is 0 Å². The Morgan fingerprint density at radius 3 is 2.74 bits per heavy atom. The number of carbonyl (C=O) groups excluding carboxylic acids is 1. The first-order valence-electron chi connectivity index (χ1n) is 12.2. The summed E-state index contributed by atoms with van der Waals surface area (Å²) in [4.78, 5) is 31.3. The zero-order valence-electron chi connectivity index (χ0n) is 19.8. The van der Waals surface area contributed by atoms with Crippen molar-refractivity contribution in [2.45, 2.75) is 58.5 Å². The monoisotopic (exact) mass is 497 g/mol. The van der Waals surface area contributed by atoms with Crippen LogP contribution in [0.3, 0.4) is 0 Å². The van der Waals surface area contributed by atoms with Crippen LogP contribution in [0.5, 0.6) is 0 Å². The molecular weight excluding hydrogens is 469 g/mol. The van der Waals surface area contributed by atoms with Gasteiger partial charge in [0.05, 0.1) is 17.0 Å². The van der Waals surface area contributed by atoms with E-state index in [0.717, 1.165) is 41.6 Å². The van der Waals surface area contributed by atoms with Gasteiger partial charge in [-0.05, 0) is 80.3 Å². The van der Waals surface area contributed by atoms with E-state index in [-0.39, 0.29) is 16.8 Å². The zero-order valence-corrected chi connectivity index (χ0v) is 20.5. The van der Waals surface area contributed by atoms with Crippen LogP contribution in [0, 0.1) is 17.2 Å². The number of hydrogen-bond acceptors (Lipinski definition) is 3. The van der Waals surface area contributed by atoms with E-state index in [4.69, 9.17) is 11.6 Å². The summed E-state index contributed by atoms with van der Waals surface area (Å²) >= 11 is 6.02. The predicted octanol–water partition coefficient (Wildman–Crippen LogP) is 5.43. The van der Waals surface area contributed by atoms with Gasteiger partial charge in [-0.25, -0.2) is 9.37 Å². The molecular formula is C27H29ClFN3O3. The molecule has 2 aliphatic rings. The first kappa shape index (κ1) is 23.8. The highest BCUT2D eigenvalue weighted by atomic mass is 35.5. The van der Waals surface area contributed by atoms with Gasteiger partial charge in [0.25, 0.3) is 0 Å². The molecule has 3 aromatic rings. The highest BCUT2D eigenvalue weighted by Gasteiger charge is 2.38. The molecule has 2 aromatic heterocycles. The van der Waals surface area contributed by atoms with Crippen molar-refractivity contribution in [2.24, 2.45) is 11.3 Å². The highest BCUT2D eigenvalue weighted by molar-refractivity contribution is 6.30. The molecule has 35 heavy (non-hydrogen) atoms. The average molecular weight is 498 g/mol. The van der Waals surface area contributed by atoms with Gasteiger partial charge in [0.15, 0.2) is 0 Å². The van der Waals surface area contributed by atoms with E-state index in [1.54, 1.807) is 25.3 Å². The Balaban J connectivity index is 1.36. The fourth-order valence-corrected chi connectivity index (χ4v) is 5.78. The van der Waals surface area contributed by atoms with Crippen molar-refractivity contribution in [3.05, 3.63) is 64.2 Å². The first-order valence-corrected chi connectivity index (χ1v) is 12.5. The Morgan fingerprint density at radius 2 is 2.03 bits per heavy atom. The molecule has 0 spiro atoms. The predicted molar refractivity (Wildman–Crippen MR) is 132 cm³/mol. The van der Waals surface area contributed by atoms with Gasteiger partial charge in [0.2, 0.25) is 5.91 Å². The summed E-state index contributed by atoms with van der Waals surface area (Å²) in [5.74, 6) is -0.842. The molecule has 1 N–H and O–H groups in total. The molecule has 0 unspecified atom stereocenters. The Labute approximate surface area is 208 Å². The molecule has 8 heteroatoms. The lowest BCUT2D eigenvalue weighted by molar-refractivity contribution is -0.150. The van der Waals surface area contributed by atoms with Crippen LogP contribution >= 0.6 is 11.6 Å². The van der Waals surface area contributed by atoms with Crippen molar-refractivity contribution in [2.75, 3.05) is 6.54 Å². The van der Waals surface area contributed by atoms with Gasteiger partial charge < -0.3 is 14.6 Å². The van der Waals surface area contributed by atoms with Gasteiger partial charge in [-0.2, -0.15) is 0 Å². The van der Waals surface area contributed by atoms with E-state index in [1.807, 2.05) is 11.0 Å². The molecule has 0 bridgehead atoms. The lowest BCUT2D eigenvalue weighted by Crippen LogP contribution is -2.39. The summed E-state index contributed by atoms with van der Waals surface area (Å²) in [6.07, 6.45) is 5.74. The third-order valence-electron chi connectivity index (χ3n) is 7.88. The smallest absolute Gasteiger partial charge is 0.309 e. The molecule has 0 radical (unpaired) electrons. The number of hydrogen-bond donors (Lipinski definition) is 1. The molecule has 1 aliphatic heterocycles. The fraction of sp³-hybridized carbons (Fsp3) is 0.444. The molecule has 0 saturated heterocycles. The second kappa shape index (κ2) is 9.26. The van der Waals surface area contributed by atoms with Crippen molar-refractivity contribution in [3.63, 3.8) is 0 Å². The number of fused-ring (bicyclic) bond motifs is 3. The second-order valence-corrected chi connectivity index (χ2v) is 10.6. The Hall–Kier alpha value is -2.93. The largest absolute Gasteiger partial charge is 0.481 e. The van der Waals surface area contributed by atoms with E-state index in [2.05, 4.69) is 15.6 Å². The van der Waals surface area contributed by atoms with Crippen LogP contribution in [-0.4, -0.2) is 38.0 Å². The third kappa shape index (κ3) is 4.54. The SMILES string of the molecule is C[C@]1(C(=O)O)CC[C@H](CC(=O)N2CCc3c(n(Cc4ccc(F)c(Cl)c4)c4ncccc34)C2)CC1. The minimum absolute atomic E-state index is 0.0871. The number of aromatic nitrogens is 2. The van der Waals surface area contributed by atoms with Crippen LogP contribution in [-0.2, 0) is 29.1 Å². The Morgan fingerprint density at radius 1 is 1.26 bits per heavy atom. The molecule has 6 nitrogen and oxygen atoms in total. The van der Waals surface area contributed by atoms with Gasteiger partial charge in [-0.3, -0.25) is 9.59 Å². The van der Waals surface area contributed by atoms with Crippen molar-refractivity contribution in [1.82, 2.24) is 14.5 Å². The van der Waals surface area contributed by atoms with E-state index in [0.29, 0.717) is 38.9 Å². The lowest BCUT2D eigenvalue weighted by Gasteiger charge is -2.35. The molecule has 0 atom stereocenters. The maximum absolute atomic E-state index is 13.7. The maximum Gasteiger partial charge on any atom is 0.309 e.